The molecule has 1 saturated heterocycles. The molecule has 0 aliphatic carbocycles. The number of aliphatic hydroxyl groups excluding tert-OH is 1. The van der Waals surface area contributed by atoms with Gasteiger partial charge in [0.1, 0.15) is 6.23 Å². The summed E-state index contributed by atoms with van der Waals surface area (Å²) in [5, 5.41) is 16.4. The molecule has 12 heteroatoms. The van der Waals surface area contributed by atoms with Gasteiger partial charge < -0.3 is 9.84 Å². The third-order valence-electron chi connectivity index (χ3n) is 3.19. The zero-order valence-corrected chi connectivity index (χ0v) is 11.2. The summed E-state index contributed by atoms with van der Waals surface area (Å²) < 4.78 is 6.56. The number of nitrogens with zero attached hydrogens (tertiary/aromatic N) is 7. The molecule has 0 bridgehead atoms. The Balaban J connectivity index is 2.29. The van der Waals surface area contributed by atoms with E-state index in [-0.39, 0.29) is 25.1 Å². The second-order valence-corrected chi connectivity index (χ2v) is 4.56. The zero-order valence-electron chi connectivity index (χ0n) is 11.2. The number of azide groups is 2. The van der Waals surface area contributed by atoms with Crippen LogP contribution in [0.1, 0.15) is 18.2 Å². The van der Waals surface area contributed by atoms with Crippen LogP contribution in [0.3, 0.4) is 0 Å². The second kappa shape index (κ2) is 6.78. The minimum absolute atomic E-state index is 0.0716. The lowest BCUT2D eigenvalue weighted by atomic mass is 10.2. The van der Waals surface area contributed by atoms with Crippen LogP contribution in [0.4, 0.5) is 0 Å². The average Bonchev–Trinajstić information content (AvgIpc) is 2.85. The Morgan fingerprint density at radius 2 is 2.14 bits per heavy atom. The van der Waals surface area contributed by atoms with Crippen molar-refractivity contribution in [3.8, 4) is 0 Å². The van der Waals surface area contributed by atoms with E-state index in [1.54, 1.807) is 0 Å². The highest BCUT2D eigenvalue weighted by Gasteiger charge is 2.35. The molecule has 12 nitrogen and oxygen atoms in total. The fourth-order valence-electron chi connectivity index (χ4n) is 2.13. The SMILES string of the molecule is [N-]=[N+]=NCc1cn([C@H]2C[C@H](O)[C@@H](CN=[N+]=[N-])O2)c(=O)[nH]c1=O. The van der Waals surface area contributed by atoms with Gasteiger partial charge in [0, 0.05) is 28.0 Å². The van der Waals surface area contributed by atoms with Gasteiger partial charge in [-0.3, -0.25) is 14.3 Å². The first-order valence-corrected chi connectivity index (χ1v) is 6.26. The largest absolute Gasteiger partial charge is 0.390 e. The first kappa shape index (κ1) is 15.6. The molecule has 0 unspecified atom stereocenters. The number of aromatic nitrogens is 2. The fraction of sp³-hybridized carbons (Fsp3) is 0.600. The molecule has 2 N–H and O–H groups in total. The number of hydrogen-bond donors (Lipinski definition) is 2. The van der Waals surface area contributed by atoms with Crippen LogP contribution in [0.25, 0.3) is 20.9 Å². The average molecular weight is 308 g/mol. The smallest absolute Gasteiger partial charge is 0.330 e. The Labute approximate surface area is 122 Å². The summed E-state index contributed by atoms with van der Waals surface area (Å²) in [6.07, 6.45) is -1.14. The van der Waals surface area contributed by atoms with Crippen molar-refractivity contribution in [2.45, 2.75) is 31.4 Å². The van der Waals surface area contributed by atoms with Crippen molar-refractivity contribution in [3.63, 3.8) is 0 Å². The van der Waals surface area contributed by atoms with Gasteiger partial charge >= 0.3 is 5.69 Å². The van der Waals surface area contributed by atoms with Crippen molar-refractivity contribution in [2.75, 3.05) is 6.54 Å². The van der Waals surface area contributed by atoms with Crippen molar-refractivity contribution in [1.82, 2.24) is 9.55 Å². The first-order chi connectivity index (χ1) is 10.6. The topological polar surface area (TPSA) is 182 Å². The predicted octanol–water partition coefficient (Wildman–Crippen LogP) is 0.306. The van der Waals surface area contributed by atoms with Crippen LogP contribution in [0.15, 0.2) is 26.0 Å². The minimum Gasteiger partial charge on any atom is -0.390 e. The number of H-pyrrole nitrogens is 1. The second-order valence-electron chi connectivity index (χ2n) is 4.56. The van der Waals surface area contributed by atoms with Gasteiger partial charge in [0.15, 0.2) is 0 Å². The molecule has 0 aromatic carbocycles. The lowest BCUT2D eigenvalue weighted by Crippen LogP contribution is -2.34. The van der Waals surface area contributed by atoms with Gasteiger partial charge in [-0.25, -0.2) is 4.79 Å². The molecule has 1 aliphatic heterocycles. The number of hydrogen-bond acceptors (Lipinski definition) is 6. The molecule has 1 aromatic rings. The molecular weight excluding hydrogens is 296 g/mol. The van der Waals surface area contributed by atoms with Crippen molar-refractivity contribution in [3.05, 3.63) is 53.5 Å². The molecule has 0 amide bonds. The maximum Gasteiger partial charge on any atom is 0.330 e. The van der Waals surface area contributed by atoms with Crippen LogP contribution in [-0.2, 0) is 11.3 Å². The number of rotatable bonds is 5. The van der Waals surface area contributed by atoms with Gasteiger partial charge in [-0.05, 0) is 11.1 Å². The maximum absolute atomic E-state index is 11.8. The van der Waals surface area contributed by atoms with Gasteiger partial charge in [0.2, 0.25) is 0 Å². The lowest BCUT2D eigenvalue weighted by molar-refractivity contribution is -0.0151. The Kier molecular flexibility index (Phi) is 4.81. The van der Waals surface area contributed by atoms with Crippen molar-refractivity contribution in [2.24, 2.45) is 10.2 Å². The zero-order chi connectivity index (χ0) is 16.1. The third-order valence-corrected chi connectivity index (χ3v) is 3.19. The first-order valence-electron chi connectivity index (χ1n) is 6.26. The van der Waals surface area contributed by atoms with Gasteiger partial charge in [0.25, 0.3) is 5.56 Å². The molecule has 1 aliphatic rings. The molecule has 2 heterocycles. The van der Waals surface area contributed by atoms with E-state index < -0.39 is 29.7 Å². The van der Waals surface area contributed by atoms with E-state index in [0.717, 1.165) is 4.57 Å². The molecular formula is C10H12N8O4. The van der Waals surface area contributed by atoms with E-state index in [0.29, 0.717) is 0 Å². The highest BCUT2D eigenvalue weighted by atomic mass is 16.5. The van der Waals surface area contributed by atoms with Gasteiger partial charge in [-0.1, -0.05) is 10.2 Å². The van der Waals surface area contributed by atoms with Crippen LogP contribution in [0, 0.1) is 0 Å². The number of ether oxygens (including phenoxy) is 1. The predicted molar refractivity (Wildman–Crippen MR) is 72.7 cm³/mol. The molecule has 2 rings (SSSR count). The normalized spacial score (nSPS) is 23.6. The summed E-state index contributed by atoms with van der Waals surface area (Å²) in [5.41, 5.74) is 15.3. The lowest BCUT2D eigenvalue weighted by Gasteiger charge is -2.15. The molecule has 0 saturated carbocycles. The van der Waals surface area contributed by atoms with Crippen molar-refractivity contribution in [1.29, 1.82) is 0 Å². The van der Waals surface area contributed by atoms with Crippen LogP contribution in [0.5, 0.6) is 0 Å². The van der Waals surface area contributed by atoms with E-state index in [1.807, 2.05) is 0 Å². The summed E-state index contributed by atoms with van der Waals surface area (Å²) in [7, 11) is 0. The molecule has 1 aromatic heterocycles. The Morgan fingerprint density at radius 3 is 2.82 bits per heavy atom. The van der Waals surface area contributed by atoms with Crippen LogP contribution >= 0.6 is 0 Å². The molecule has 0 radical (unpaired) electrons. The van der Waals surface area contributed by atoms with Crippen LogP contribution < -0.4 is 11.2 Å². The number of nitrogens with one attached hydrogen (secondary N) is 1. The van der Waals surface area contributed by atoms with Gasteiger partial charge in [0.05, 0.1) is 25.3 Å². The molecule has 116 valence electrons. The number of aliphatic hydroxyl groups is 1. The number of aromatic amines is 1. The van der Waals surface area contributed by atoms with E-state index in [9.17, 15) is 14.7 Å². The van der Waals surface area contributed by atoms with Crippen LogP contribution in [-0.4, -0.2) is 33.4 Å². The fourth-order valence-corrected chi connectivity index (χ4v) is 2.13. The summed E-state index contributed by atoms with van der Waals surface area (Å²) in [4.78, 5) is 30.6. The van der Waals surface area contributed by atoms with Gasteiger partial charge in [-0.15, -0.1) is 0 Å². The molecule has 1 fully saturated rings. The molecule has 22 heavy (non-hydrogen) atoms. The monoisotopic (exact) mass is 308 g/mol. The summed E-state index contributed by atoms with van der Waals surface area (Å²) in [5.74, 6) is 0. The van der Waals surface area contributed by atoms with Gasteiger partial charge in [-0.2, -0.15) is 0 Å². The molecule has 0 spiro atoms. The van der Waals surface area contributed by atoms with E-state index in [2.05, 4.69) is 25.0 Å². The summed E-state index contributed by atoms with van der Waals surface area (Å²) in [6.45, 7) is -0.290. The summed E-state index contributed by atoms with van der Waals surface area (Å²) in [6, 6.07) is 0. The highest BCUT2D eigenvalue weighted by molar-refractivity contribution is 5.05. The van der Waals surface area contributed by atoms with E-state index in [1.165, 1.54) is 6.20 Å². The van der Waals surface area contributed by atoms with Crippen molar-refractivity contribution >= 4 is 0 Å². The Bertz CT molecular complexity index is 757. The summed E-state index contributed by atoms with van der Waals surface area (Å²) >= 11 is 0. The highest BCUT2D eigenvalue weighted by Crippen LogP contribution is 2.27. The van der Waals surface area contributed by atoms with E-state index >= 15 is 0 Å². The Hall–Kier alpha value is -2.78. The Morgan fingerprint density at radius 1 is 1.41 bits per heavy atom. The third kappa shape index (κ3) is 3.27. The maximum atomic E-state index is 11.8. The van der Waals surface area contributed by atoms with Crippen molar-refractivity contribution < 1.29 is 9.84 Å². The van der Waals surface area contributed by atoms with E-state index in [4.69, 9.17) is 15.8 Å². The molecule has 3 atom stereocenters. The minimum atomic E-state index is -0.907. The standard InChI is InChI=1S/C10H12N8O4/c11-16-13-2-5-4-18(10(21)15-9(5)20)8-1-6(19)7(22-8)3-14-17-12/h4,6-8,19H,1-3H2,(H,15,20,21)/t6-,7+,8+/m0/s1. The quantitative estimate of drug-likeness (QED) is 0.451. The van der Waals surface area contributed by atoms with Crippen LogP contribution in [0.2, 0.25) is 0 Å².